The van der Waals surface area contributed by atoms with E-state index in [1.807, 2.05) is 25.1 Å². The Balaban J connectivity index is 1.77. The van der Waals surface area contributed by atoms with E-state index >= 15 is 0 Å². The van der Waals surface area contributed by atoms with Crippen LogP contribution < -0.4 is 10.0 Å². The molecule has 9 heteroatoms. The van der Waals surface area contributed by atoms with Gasteiger partial charge in [-0.1, -0.05) is 30.3 Å². The van der Waals surface area contributed by atoms with Gasteiger partial charge in [0.2, 0.25) is 0 Å². The fraction of sp³-hybridized carbons (Fsp3) is 0.294. The molecule has 0 aliphatic carbocycles. The zero-order valence-corrected chi connectivity index (χ0v) is 15.9. The molecule has 0 atom stereocenters. The van der Waals surface area contributed by atoms with E-state index in [2.05, 4.69) is 27.4 Å². The van der Waals surface area contributed by atoms with Gasteiger partial charge in [-0.15, -0.1) is 11.3 Å². The third kappa shape index (κ3) is 3.18. The lowest BCUT2D eigenvalue weighted by Crippen LogP contribution is -2.51. The van der Waals surface area contributed by atoms with Crippen molar-refractivity contribution in [3.8, 4) is 11.1 Å². The lowest BCUT2D eigenvalue weighted by molar-refractivity contribution is 0.384. The van der Waals surface area contributed by atoms with Crippen LogP contribution in [0.15, 0.2) is 35.7 Å². The highest BCUT2D eigenvalue weighted by atomic mass is 32.2. The molecule has 3 heterocycles. The number of fused-ring (bicyclic) bond motifs is 1. The van der Waals surface area contributed by atoms with Gasteiger partial charge in [0.1, 0.15) is 16.5 Å². The van der Waals surface area contributed by atoms with Gasteiger partial charge in [0, 0.05) is 37.1 Å². The molecule has 0 unspecified atom stereocenters. The van der Waals surface area contributed by atoms with E-state index in [0.29, 0.717) is 32.0 Å². The van der Waals surface area contributed by atoms with E-state index in [1.54, 1.807) is 11.3 Å². The fourth-order valence-corrected chi connectivity index (χ4v) is 4.90. The number of aromatic nitrogens is 2. The summed E-state index contributed by atoms with van der Waals surface area (Å²) in [5, 5.41) is 8.38. The molecule has 0 amide bonds. The van der Waals surface area contributed by atoms with E-state index in [1.165, 1.54) is 4.31 Å². The number of piperazine rings is 1. The minimum Gasteiger partial charge on any atom is -0.353 e. The summed E-state index contributed by atoms with van der Waals surface area (Å²) in [7, 11) is -3.65. The first-order valence-electron chi connectivity index (χ1n) is 8.27. The van der Waals surface area contributed by atoms with Gasteiger partial charge in [-0.05, 0) is 12.5 Å². The number of hydrogen-bond donors (Lipinski definition) is 1. The summed E-state index contributed by atoms with van der Waals surface area (Å²) in [6.45, 7) is 3.69. The molecule has 2 aromatic heterocycles. The molecule has 1 aliphatic rings. The minimum absolute atomic E-state index is 0.355. The van der Waals surface area contributed by atoms with Gasteiger partial charge in [0.15, 0.2) is 0 Å². The van der Waals surface area contributed by atoms with Crippen LogP contribution in [0.4, 0.5) is 5.82 Å². The van der Waals surface area contributed by atoms with E-state index in [9.17, 15) is 8.42 Å². The van der Waals surface area contributed by atoms with Crippen molar-refractivity contribution in [3.63, 3.8) is 0 Å². The molecule has 7 nitrogen and oxygen atoms in total. The van der Waals surface area contributed by atoms with E-state index in [4.69, 9.17) is 10.1 Å². The number of nitrogens with zero attached hydrogens (tertiary/aromatic N) is 4. The Hall–Kier alpha value is -2.07. The minimum atomic E-state index is -3.65. The van der Waals surface area contributed by atoms with Crippen LogP contribution in [0.1, 0.15) is 5.82 Å². The first-order chi connectivity index (χ1) is 12.4. The average molecular weight is 390 g/mol. The maximum absolute atomic E-state index is 11.6. The summed E-state index contributed by atoms with van der Waals surface area (Å²) < 4.78 is 24.4. The molecule has 0 bridgehead atoms. The highest BCUT2D eigenvalue weighted by Gasteiger charge is 2.27. The molecule has 1 saturated heterocycles. The van der Waals surface area contributed by atoms with Crippen LogP contribution in [-0.2, 0) is 10.2 Å². The Morgan fingerprint density at radius 1 is 1.08 bits per heavy atom. The molecular weight excluding hydrogens is 370 g/mol. The van der Waals surface area contributed by atoms with Gasteiger partial charge in [-0.2, -0.15) is 12.7 Å². The second kappa shape index (κ2) is 6.58. The summed E-state index contributed by atoms with van der Waals surface area (Å²) in [6, 6.07) is 10.2. The van der Waals surface area contributed by atoms with Crippen LogP contribution in [0.5, 0.6) is 0 Å². The van der Waals surface area contributed by atoms with Gasteiger partial charge in [0.05, 0.1) is 5.39 Å². The number of anilines is 1. The quantitative estimate of drug-likeness (QED) is 0.740. The standard InChI is InChI=1S/C17H19N5O2S2/c1-12-19-16(21-7-9-22(10-8-21)26(18,23)24)15-14(11-25-17(15)20-12)13-5-3-2-4-6-13/h2-6,11H,7-10H2,1H3,(H2,18,23,24). The molecule has 1 aliphatic heterocycles. The number of thiophene rings is 1. The Morgan fingerprint density at radius 3 is 2.42 bits per heavy atom. The second-order valence-corrected chi connectivity index (χ2v) is 8.63. The van der Waals surface area contributed by atoms with Crippen molar-refractivity contribution in [2.24, 2.45) is 5.14 Å². The normalized spacial score (nSPS) is 16.3. The lowest BCUT2D eigenvalue weighted by atomic mass is 10.1. The highest BCUT2D eigenvalue weighted by molar-refractivity contribution is 7.86. The molecule has 26 heavy (non-hydrogen) atoms. The van der Waals surface area contributed by atoms with Gasteiger partial charge >= 0.3 is 0 Å². The molecule has 3 aromatic rings. The van der Waals surface area contributed by atoms with Crippen molar-refractivity contribution in [1.82, 2.24) is 14.3 Å². The number of rotatable bonds is 3. The fourth-order valence-electron chi connectivity index (χ4n) is 3.24. The molecule has 0 radical (unpaired) electrons. The molecule has 4 rings (SSSR count). The van der Waals surface area contributed by atoms with Crippen molar-refractivity contribution in [2.75, 3.05) is 31.1 Å². The molecule has 0 saturated carbocycles. The number of benzene rings is 1. The Bertz CT molecular complexity index is 1040. The second-order valence-electron chi connectivity index (χ2n) is 6.22. The van der Waals surface area contributed by atoms with Crippen molar-refractivity contribution in [1.29, 1.82) is 0 Å². The van der Waals surface area contributed by atoms with Gasteiger partial charge in [-0.3, -0.25) is 0 Å². The Kier molecular flexibility index (Phi) is 4.39. The monoisotopic (exact) mass is 389 g/mol. The van der Waals surface area contributed by atoms with Gasteiger partial charge in [0.25, 0.3) is 10.2 Å². The zero-order valence-electron chi connectivity index (χ0n) is 14.3. The van der Waals surface area contributed by atoms with Gasteiger partial charge < -0.3 is 4.90 Å². The molecule has 1 aromatic carbocycles. The SMILES string of the molecule is Cc1nc(N2CCN(S(N)(=O)=O)CC2)c2c(-c3ccccc3)csc2n1. The summed E-state index contributed by atoms with van der Waals surface area (Å²) in [5.41, 5.74) is 2.23. The molecular formula is C17H19N5O2S2. The summed E-state index contributed by atoms with van der Waals surface area (Å²) in [6.07, 6.45) is 0. The summed E-state index contributed by atoms with van der Waals surface area (Å²) >= 11 is 1.60. The predicted molar refractivity (Wildman–Crippen MR) is 104 cm³/mol. The van der Waals surface area contributed by atoms with Crippen LogP contribution in [0, 0.1) is 6.92 Å². The van der Waals surface area contributed by atoms with Crippen LogP contribution in [-0.4, -0.2) is 48.9 Å². The average Bonchev–Trinajstić information content (AvgIpc) is 3.05. The molecule has 2 N–H and O–H groups in total. The molecule has 0 spiro atoms. The third-order valence-electron chi connectivity index (χ3n) is 4.51. The maximum Gasteiger partial charge on any atom is 0.277 e. The smallest absolute Gasteiger partial charge is 0.277 e. The van der Waals surface area contributed by atoms with Crippen LogP contribution >= 0.6 is 11.3 Å². The van der Waals surface area contributed by atoms with Crippen LogP contribution in [0.25, 0.3) is 21.3 Å². The lowest BCUT2D eigenvalue weighted by Gasteiger charge is -2.34. The third-order valence-corrected chi connectivity index (χ3v) is 6.47. The summed E-state index contributed by atoms with van der Waals surface area (Å²) in [4.78, 5) is 12.3. The maximum atomic E-state index is 11.6. The number of aryl methyl sites for hydroxylation is 1. The van der Waals surface area contributed by atoms with Crippen molar-refractivity contribution in [2.45, 2.75) is 6.92 Å². The highest BCUT2D eigenvalue weighted by Crippen LogP contribution is 2.38. The zero-order chi connectivity index (χ0) is 18.3. The van der Waals surface area contributed by atoms with Crippen LogP contribution in [0.3, 0.4) is 0 Å². The topological polar surface area (TPSA) is 92.4 Å². The van der Waals surface area contributed by atoms with E-state index in [0.717, 1.165) is 27.2 Å². The first-order valence-corrected chi connectivity index (χ1v) is 10.7. The summed E-state index contributed by atoms with van der Waals surface area (Å²) in [5.74, 6) is 1.57. The van der Waals surface area contributed by atoms with Gasteiger partial charge in [-0.25, -0.2) is 15.1 Å². The molecule has 136 valence electrons. The Morgan fingerprint density at radius 2 is 1.77 bits per heavy atom. The van der Waals surface area contributed by atoms with Crippen molar-refractivity contribution < 1.29 is 8.42 Å². The van der Waals surface area contributed by atoms with Crippen molar-refractivity contribution >= 4 is 37.6 Å². The number of hydrogen-bond acceptors (Lipinski definition) is 6. The predicted octanol–water partition coefficient (Wildman–Crippen LogP) is 1.99. The number of nitrogens with two attached hydrogens (primary N) is 1. The largest absolute Gasteiger partial charge is 0.353 e. The Labute approximate surface area is 156 Å². The molecule has 1 fully saturated rings. The van der Waals surface area contributed by atoms with Crippen LogP contribution in [0.2, 0.25) is 0 Å². The van der Waals surface area contributed by atoms with E-state index in [-0.39, 0.29) is 0 Å². The first kappa shape index (κ1) is 17.3. The van der Waals surface area contributed by atoms with E-state index < -0.39 is 10.2 Å². The van der Waals surface area contributed by atoms with Crippen molar-refractivity contribution in [3.05, 3.63) is 41.5 Å².